The summed E-state index contributed by atoms with van der Waals surface area (Å²) in [7, 11) is 1.52. The second-order valence-electron chi connectivity index (χ2n) is 5.36. The maximum absolute atomic E-state index is 12.1. The van der Waals surface area contributed by atoms with Crippen molar-refractivity contribution in [2.24, 2.45) is 0 Å². The van der Waals surface area contributed by atoms with Gasteiger partial charge in [-0.3, -0.25) is 4.79 Å². The van der Waals surface area contributed by atoms with Crippen LogP contribution in [0.1, 0.15) is 22.3 Å². The molecule has 1 amide bonds. The molecule has 0 saturated heterocycles. The van der Waals surface area contributed by atoms with Crippen molar-refractivity contribution in [2.75, 3.05) is 20.3 Å². The Kier molecular flexibility index (Phi) is 7.47. The van der Waals surface area contributed by atoms with E-state index >= 15 is 0 Å². The smallest absolute Gasteiger partial charge is 0.339 e. The van der Waals surface area contributed by atoms with Crippen molar-refractivity contribution in [2.45, 2.75) is 12.8 Å². The van der Waals surface area contributed by atoms with Gasteiger partial charge in [0.2, 0.25) is 0 Å². The molecule has 0 aromatic heterocycles. The first-order valence-corrected chi connectivity index (χ1v) is 8.70. The monoisotopic (exact) mass is 405 g/mol. The Morgan fingerprint density at radius 2 is 1.88 bits per heavy atom. The lowest BCUT2D eigenvalue weighted by atomic mass is 10.1. The predicted octanol–water partition coefficient (Wildman–Crippen LogP) is 3.36. The van der Waals surface area contributed by atoms with E-state index in [1.54, 1.807) is 18.2 Å². The molecule has 0 heterocycles. The summed E-state index contributed by atoms with van der Waals surface area (Å²) in [4.78, 5) is 23.8. The molecule has 0 saturated carbocycles. The van der Waals surface area contributed by atoms with Crippen molar-refractivity contribution in [3.63, 3.8) is 0 Å². The van der Waals surface area contributed by atoms with Crippen molar-refractivity contribution in [3.8, 4) is 5.75 Å². The van der Waals surface area contributed by atoms with Crippen LogP contribution in [0.25, 0.3) is 0 Å². The molecule has 0 unspecified atom stereocenters. The van der Waals surface area contributed by atoms with Gasteiger partial charge in [0.15, 0.2) is 6.61 Å². The zero-order chi connectivity index (χ0) is 18.1. The highest BCUT2D eigenvalue weighted by Crippen LogP contribution is 2.23. The normalized spacial score (nSPS) is 10.2. The maximum atomic E-state index is 12.1. The van der Waals surface area contributed by atoms with E-state index in [9.17, 15) is 9.59 Å². The van der Waals surface area contributed by atoms with Gasteiger partial charge in [-0.15, -0.1) is 0 Å². The Balaban J connectivity index is 1.71. The Hall–Kier alpha value is -2.34. The van der Waals surface area contributed by atoms with Crippen molar-refractivity contribution >= 4 is 27.8 Å². The number of hydrogen-bond acceptors (Lipinski definition) is 4. The van der Waals surface area contributed by atoms with Gasteiger partial charge in [-0.05, 0) is 52.5 Å². The molecule has 0 bridgehead atoms. The summed E-state index contributed by atoms with van der Waals surface area (Å²) >= 11 is 3.28. The fourth-order valence-corrected chi connectivity index (χ4v) is 2.62. The molecule has 5 nitrogen and oxygen atoms in total. The molecular formula is C19H20BrNO4. The standard InChI is InChI=1S/C19H20BrNO4/c1-24-15-9-10-17(20)16(12-15)19(23)25-13-18(22)21-11-5-8-14-6-3-2-4-7-14/h2-4,6-7,9-10,12H,5,8,11,13H2,1H3,(H,21,22). The summed E-state index contributed by atoms with van der Waals surface area (Å²) in [5.74, 6) is -0.355. The lowest BCUT2D eigenvalue weighted by Gasteiger charge is -2.09. The van der Waals surface area contributed by atoms with Crippen LogP contribution in [0.4, 0.5) is 0 Å². The summed E-state index contributed by atoms with van der Waals surface area (Å²) in [5, 5.41) is 2.74. The molecule has 2 rings (SSSR count). The van der Waals surface area contributed by atoms with E-state index < -0.39 is 5.97 Å². The van der Waals surface area contributed by atoms with Crippen LogP contribution in [0.15, 0.2) is 53.0 Å². The number of ether oxygens (including phenoxy) is 2. The molecule has 132 valence electrons. The number of halogens is 1. The van der Waals surface area contributed by atoms with Crippen molar-refractivity contribution in [1.82, 2.24) is 5.32 Å². The van der Waals surface area contributed by atoms with Crippen LogP contribution in [-0.4, -0.2) is 32.1 Å². The van der Waals surface area contributed by atoms with Gasteiger partial charge in [-0.1, -0.05) is 30.3 Å². The molecule has 2 aromatic rings. The molecule has 0 spiro atoms. The average molecular weight is 406 g/mol. The lowest BCUT2D eigenvalue weighted by Crippen LogP contribution is -2.29. The fraction of sp³-hybridized carbons (Fsp3) is 0.263. The third-order valence-electron chi connectivity index (χ3n) is 3.54. The number of benzene rings is 2. The van der Waals surface area contributed by atoms with Crippen molar-refractivity contribution < 1.29 is 19.1 Å². The molecular weight excluding hydrogens is 386 g/mol. The molecule has 0 atom stereocenters. The van der Waals surface area contributed by atoms with E-state index in [2.05, 4.69) is 33.4 Å². The van der Waals surface area contributed by atoms with E-state index in [0.29, 0.717) is 22.3 Å². The van der Waals surface area contributed by atoms with Crippen LogP contribution >= 0.6 is 15.9 Å². The maximum Gasteiger partial charge on any atom is 0.339 e. The van der Waals surface area contributed by atoms with Crippen LogP contribution in [0.3, 0.4) is 0 Å². The summed E-state index contributed by atoms with van der Waals surface area (Å²) in [6.45, 7) is 0.224. The Bertz CT molecular complexity index is 719. The number of esters is 1. The van der Waals surface area contributed by atoms with E-state index in [4.69, 9.17) is 9.47 Å². The number of amides is 1. The van der Waals surface area contributed by atoms with Gasteiger partial charge in [-0.2, -0.15) is 0 Å². The number of carbonyl (C=O) groups is 2. The van der Waals surface area contributed by atoms with Gasteiger partial charge in [0.25, 0.3) is 5.91 Å². The minimum Gasteiger partial charge on any atom is -0.497 e. The van der Waals surface area contributed by atoms with Gasteiger partial charge in [0.1, 0.15) is 5.75 Å². The quantitative estimate of drug-likeness (QED) is 0.540. The molecule has 6 heteroatoms. The number of rotatable bonds is 8. The summed E-state index contributed by atoms with van der Waals surface area (Å²) in [6.07, 6.45) is 1.71. The number of carbonyl (C=O) groups excluding carboxylic acids is 2. The van der Waals surface area contributed by atoms with Gasteiger partial charge >= 0.3 is 5.97 Å². The Morgan fingerprint density at radius 1 is 1.12 bits per heavy atom. The predicted molar refractivity (Wildman–Crippen MR) is 98.7 cm³/mol. The lowest BCUT2D eigenvalue weighted by molar-refractivity contribution is -0.124. The SMILES string of the molecule is COc1ccc(Br)c(C(=O)OCC(=O)NCCCc2ccccc2)c1. The van der Waals surface area contributed by atoms with Crippen LogP contribution < -0.4 is 10.1 Å². The minimum absolute atomic E-state index is 0.312. The molecule has 0 fully saturated rings. The van der Waals surface area contributed by atoms with E-state index in [1.165, 1.54) is 12.7 Å². The molecule has 2 aromatic carbocycles. The molecule has 0 radical (unpaired) electrons. The number of nitrogens with one attached hydrogen (secondary N) is 1. The van der Waals surface area contributed by atoms with Gasteiger partial charge in [0.05, 0.1) is 12.7 Å². The van der Waals surface area contributed by atoms with Crippen LogP contribution in [0, 0.1) is 0 Å². The highest BCUT2D eigenvalue weighted by atomic mass is 79.9. The minimum atomic E-state index is -0.579. The van der Waals surface area contributed by atoms with Crippen molar-refractivity contribution in [3.05, 3.63) is 64.1 Å². The number of methoxy groups -OCH3 is 1. The van der Waals surface area contributed by atoms with E-state index in [-0.39, 0.29) is 12.5 Å². The average Bonchev–Trinajstić information content (AvgIpc) is 2.64. The second kappa shape index (κ2) is 9.84. The largest absolute Gasteiger partial charge is 0.497 e. The van der Waals surface area contributed by atoms with Gasteiger partial charge in [0, 0.05) is 11.0 Å². The van der Waals surface area contributed by atoms with E-state index in [1.807, 2.05) is 18.2 Å². The zero-order valence-electron chi connectivity index (χ0n) is 14.0. The van der Waals surface area contributed by atoms with Crippen LogP contribution in [0.5, 0.6) is 5.75 Å². The molecule has 25 heavy (non-hydrogen) atoms. The summed E-state index contributed by atoms with van der Waals surface area (Å²) in [6, 6.07) is 15.0. The molecule has 1 N–H and O–H groups in total. The third kappa shape index (κ3) is 6.23. The third-order valence-corrected chi connectivity index (χ3v) is 4.23. The van der Waals surface area contributed by atoms with Gasteiger partial charge < -0.3 is 14.8 Å². The second-order valence-corrected chi connectivity index (χ2v) is 6.22. The zero-order valence-corrected chi connectivity index (χ0v) is 15.5. The van der Waals surface area contributed by atoms with Crippen LogP contribution in [0.2, 0.25) is 0 Å². The van der Waals surface area contributed by atoms with E-state index in [0.717, 1.165) is 12.8 Å². The molecule has 0 aliphatic rings. The van der Waals surface area contributed by atoms with Gasteiger partial charge in [-0.25, -0.2) is 4.79 Å². The van der Waals surface area contributed by atoms with Crippen LogP contribution in [-0.2, 0) is 16.0 Å². The summed E-state index contributed by atoms with van der Waals surface area (Å²) < 4.78 is 10.7. The number of aryl methyl sites for hydroxylation is 1. The number of hydrogen-bond donors (Lipinski definition) is 1. The first-order chi connectivity index (χ1) is 12.1. The molecule has 0 aliphatic heterocycles. The first-order valence-electron chi connectivity index (χ1n) is 7.91. The fourth-order valence-electron chi connectivity index (χ4n) is 2.21. The molecule has 0 aliphatic carbocycles. The summed E-state index contributed by atoms with van der Waals surface area (Å²) in [5.41, 5.74) is 1.54. The topological polar surface area (TPSA) is 64.6 Å². The highest BCUT2D eigenvalue weighted by molar-refractivity contribution is 9.10. The Morgan fingerprint density at radius 3 is 2.60 bits per heavy atom. The highest BCUT2D eigenvalue weighted by Gasteiger charge is 2.14. The van der Waals surface area contributed by atoms with Crippen molar-refractivity contribution in [1.29, 1.82) is 0 Å². The first kappa shape index (κ1) is 19.0. The Labute approximate surface area is 155 Å².